The zero-order chi connectivity index (χ0) is 21.3. The topological polar surface area (TPSA) is 110 Å². The van der Waals surface area contributed by atoms with Crippen molar-refractivity contribution in [1.29, 1.82) is 0 Å². The van der Waals surface area contributed by atoms with E-state index in [0.29, 0.717) is 0 Å². The minimum absolute atomic E-state index is 0.0854. The van der Waals surface area contributed by atoms with Gasteiger partial charge in [0.2, 0.25) is 11.6 Å². The van der Waals surface area contributed by atoms with Crippen molar-refractivity contribution in [2.45, 2.75) is 50.0 Å². The molecule has 1 aromatic heterocycles. The van der Waals surface area contributed by atoms with Crippen molar-refractivity contribution in [3.05, 3.63) is 60.7 Å². The lowest BCUT2D eigenvalue weighted by molar-refractivity contribution is -0.180. The molecule has 5 rings (SSSR count). The molecule has 4 atom stereocenters. The summed E-state index contributed by atoms with van der Waals surface area (Å²) in [5, 5.41) is 17.7. The van der Waals surface area contributed by atoms with Crippen molar-refractivity contribution < 1.29 is 14.7 Å². The third-order valence-electron chi connectivity index (χ3n) is 7.19. The molecule has 2 amide bonds. The van der Waals surface area contributed by atoms with E-state index in [9.17, 15) is 14.7 Å². The van der Waals surface area contributed by atoms with Crippen molar-refractivity contribution in [2.75, 3.05) is 5.32 Å². The standard InChI is InChI=1S/C22H25N5O3/c1-4-20(2,3)21-11-22(30)19(29)26-16(9-13-10-23-12-24-13)17(28)27(22)18(21)25-15-8-6-5-7-14(15)21/h4-8,10,12,16,18,25,30H,1,9,11H2,2-3H3,(H,23,24)(H,26,29)/t16?,18-,21+,22+/m0/s1. The van der Waals surface area contributed by atoms with Crippen LogP contribution in [-0.4, -0.2) is 49.7 Å². The molecule has 2 aromatic rings. The number of para-hydroxylation sites is 1. The molecular formula is C22H25N5O3. The largest absolute Gasteiger partial charge is 0.364 e. The van der Waals surface area contributed by atoms with E-state index in [2.05, 4.69) is 27.2 Å². The molecule has 0 bridgehead atoms. The first-order valence-electron chi connectivity index (χ1n) is 10.1. The summed E-state index contributed by atoms with van der Waals surface area (Å²) in [6, 6.07) is 7.05. The molecule has 3 aliphatic heterocycles. The molecule has 8 nitrogen and oxygen atoms in total. The SMILES string of the molecule is C=CC(C)(C)[C@@]12C[C@@]3(O)C(=O)NC(Cc4cnc[nH]4)C(=O)N3[C@@H]1Nc1ccccc12. The molecule has 1 aromatic carbocycles. The molecule has 3 aliphatic rings. The van der Waals surface area contributed by atoms with Gasteiger partial charge in [0.15, 0.2) is 0 Å². The van der Waals surface area contributed by atoms with E-state index in [1.807, 2.05) is 44.2 Å². The van der Waals surface area contributed by atoms with Crippen LogP contribution in [0.1, 0.15) is 31.5 Å². The fraction of sp³-hybridized carbons (Fsp3) is 0.409. The Morgan fingerprint density at radius 2 is 2.10 bits per heavy atom. The van der Waals surface area contributed by atoms with Crippen LogP contribution in [0.4, 0.5) is 5.69 Å². The Balaban J connectivity index is 1.64. The maximum absolute atomic E-state index is 13.6. The van der Waals surface area contributed by atoms with Gasteiger partial charge in [-0.05, 0) is 17.0 Å². The molecule has 0 radical (unpaired) electrons. The van der Waals surface area contributed by atoms with Gasteiger partial charge in [0.1, 0.15) is 12.2 Å². The van der Waals surface area contributed by atoms with Gasteiger partial charge in [0, 0.05) is 35.8 Å². The van der Waals surface area contributed by atoms with Gasteiger partial charge >= 0.3 is 0 Å². The zero-order valence-electron chi connectivity index (χ0n) is 17.0. The fourth-order valence-electron chi connectivity index (χ4n) is 5.45. The van der Waals surface area contributed by atoms with Gasteiger partial charge in [-0.1, -0.05) is 38.1 Å². The molecule has 30 heavy (non-hydrogen) atoms. The van der Waals surface area contributed by atoms with E-state index < -0.39 is 34.7 Å². The molecule has 156 valence electrons. The Bertz CT molecular complexity index is 1050. The highest BCUT2D eigenvalue weighted by atomic mass is 16.3. The Kier molecular flexibility index (Phi) is 3.74. The van der Waals surface area contributed by atoms with Crippen LogP contribution in [0.25, 0.3) is 0 Å². The number of hydrogen-bond donors (Lipinski definition) is 4. The first kappa shape index (κ1) is 18.9. The van der Waals surface area contributed by atoms with Crippen LogP contribution in [0.3, 0.4) is 0 Å². The molecule has 1 unspecified atom stereocenters. The first-order chi connectivity index (χ1) is 14.2. The summed E-state index contributed by atoms with van der Waals surface area (Å²) in [6.45, 7) is 8.09. The maximum atomic E-state index is 13.6. The van der Waals surface area contributed by atoms with Crippen LogP contribution in [-0.2, 0) is 21.4 Å². The van der Waals surface area contributed by atoms with Gasteiger partial charge in [-0.25, -0.2) is 4.98 Å². The number of nitrogens with one attached hydrogen (secondary N) is 3. The van der Waals surface area contributed by atoms with Crippen LogP contribution < -0.4 is 10.6 Å². The number of aliphatic hydroxyl groups is 1. The highest BCUT2D eigenvalue weighted by Gasteiger charge is 2.73. The van der Waals surface area contributed by atoms with E-state index in [1.165, 1.54) is 11.2 Å². The van der Waals surface area contributed by atoms with Crippen LogP contribution in [0, 0.1) is 5.41 Å². The summed E-state index contributed by atoms with van der Waals surface area (Å²) in [7, 11) is 0. The summed E-state index contributed by atoms with van der Waals surface area (Å²) in [5.74, 6) is -0.877. The van der Waals surface area contributed by atoms with E-state index in [-0.39, 0.29) is 18.7 Å². The number of benzene rings is 1. The van der Waals surface area contributed by atoms with Crippen LogP contribution in [0.15, 0.2) is 49.4 Å². The van der Waals surface area contributed by atoms with Crippen molar-refractivity contribution in [1.82, 2.24) is 20.2 Å². The minimum atomic E-state index is -1.94. The first-order valence-corrected chi connectivity index (χ1v) is 10.1. The van der Waals surface area contributed by atoms with Gasteiger partial charge in [0.25, 0.3) is 5.91 Å². The second kappa shape index (κ2) is 5.95. The van der Waals surface area contributed by atoms with E-state index in [4.69, 9.17) is 0 Å². The summed E-state index contributed by atoms with van der Waals surface area (Å²) in [5.41, 5.74) is -0.539. The predicted molar refractivity (Wildman–Crippen MR) is 110 cm³/mol. The number of rotatable bonds is 4. The molecule has 0 aliphatic carbocycles. The molecule has 0 saturated carbocycles. The Hall–Kier alpha value is -3.13. The number of aromatic nitrogens is 2. The van der Waals surface area contributed by atoms with Gasteiger partial charge in [0.05, 0.1) is 6.33 Å². The second-order valence-electron chi connectivity index (χ2n) is 9.00. The van der Waals surface area contributed by atoms with Gasteiger partial charge in [-0.2, -0.15) is 0 Å². The lowest BCUT2D eigenvalue weighted by Gasteiger charge is -2.44. The smallest absolute Gasteiger partial charge is 0.274 e. The number of aromatic amines is 1. The number of carbonyl (C=O) groups is 2. The lowest BCUT2D eigenvalue weighted by Crippen LogP contribution is -2.71. The van der Waals surface area contributed by atoms with Crippen molar-refractivity contribution in [2.24, 2.45) is 5.41 Å². The molecular weight excluding hydrogens is 382 g/mol. The van der Waals surface area contributed by atoms with E-state index >= 15 is 0 Å². The lowest BCUT2D eigenvalue weighted by atomic mass is 9.60. The molecule has 4 heterocycles. The van der Waals surface area contributed by atoms with E-state index in [1.54, 1.807) is 6.20 Å². The van der Waals surface area contributed by atoms with Gasteiger partial charge in [-0.3, -0.25) is 14.5 Å². The summed E-state index contributed by atoms with van der Waals surface area (Å²) in [4.78, 5) is 35.0. The predicted octanol–water partition coefficient (Wildman–Crippen LogP) is 1.27. The second-order valence-corrected chi connectivity index (χ2v) is 9.00. The number of imidazole rings is 1. The number of anilines is 1. The van der Waals surface area contributed by atoms with Gasteiger partial charge < -0.3 is 20.7 Å². The number of carbonyl (C=O) groups excluding carboxylic acids is 2. The third kappa shape index (κ3) is 2.17. The quantitative estimate of drug-likeness (QED) is 0.571. The number of H-pyrrole nitrogens is 1. The maximum Gasteiger partial charge on any atom is 0.274 e. The zero-order valence-corrected chi connectivity index (χ0v) is 17.0. The van der Waals surface area contributed by atoms with E-state index in [0.717, 1.165) is 16.9 Å². The Labute approximate surface area is 174 Å². The average molecular weight is 407 g/mol. The third-order valence-corrected chi connectivity index (χ3v) is 7.19. The average Bonchev–Trinajstić information content (AvgIpc) is 3.39. The molecule has 2 saturated heterocycles. The number of fused-ring (bicyclic) bond motifs is 5. The highest BCUT2D eigenvalue weighted by molar-refractivity contribution is 6.00. The molecule has 4 N–H and O–H groups in total. The van der Waals surface area contributed by atoms with Gasteiger partial charge in [-0.15, -0.1) is 6.58 Å². The van der Waals surface area contributed by atoms with Crippen LogP contribution >= 0.6 is 0 Å². The number of piperazine rings is 1. The number of hydrogen-bond acceptors (Lipinski definition) is 5. The van der Waals surface area contributed by atoms with Crippen LogP contribution in [0.5, 0.6) is 0 Å². The molecule has 2 fully saturated rings. The fourth-order valence-corrected chi connectivity index (χ4v) is 5.45. The number of allylic oxidation sites excluding steroid dienone is 1. The van der Waals surface area contributed by atoms with Crippen molar-refractivity contribution >= 4 is 17.5 Å². The molecule has 8 heteroatoms. The summed E-state index contributed by atoms with van der Waals surface area (Å²) in [6.07, 6.45) is 4.78. The Morgan fingerprint density at radius 3 is 2.80 bits per heavy atom. The normalized spacial score (nSPS) is 32.2. The Morgan fingerprint density at radius 1 is 1.33 bits per heavy atom. The molecule has 0 spiro atoms. The van der Waals surface area contributed by atoms with Crippen molar-refractivity contribution in [3.8, 4) is 0 Å². The number of nitrogens with zero attached hydrogens (tertiary/aromatic N) is 2. The van der Waals surface area contributed by atoms with Crippen LogP contribution in [0.2, 0.25) is 0 Å². The highest BCUT2D eigenvalue weighted by Crippen LogP contribution is 2.62. The number of amides is 2. The van der Waals surface area contributed by atoms with Crippen molar-refractivity contribution in [3.63, 3.8) is 0 Å². The monoisotopic (exact) mass is 407 g/mol. The summed E-state index contributed by atoms with van der Waals surface area (Å²) < 4.78 is 0. The minimum Gasteiger partial charge on any atom is -0.364 e. The summed E-state index contributed by atoms with van der Waals surface area (Å²) >= 11 is 0.